The number of nitrogens with one attached hydrogen (secondary N) is 1. The maximum absolute atomic E-state index is 12.2. The van der Waals surface area contributed by atoms with Crippen LogP contribution in [0.5, 0.6) is 0 Å². The minimum Gasteiger partial charge on any atom is -0.464 e. The molecule has 0 unspecified atom stereocenters. The molecule has 0 aliphatic carbocycles. The van der Waals surface area contributed by atoms with Crippen LogP contribution in [0.25, 0.3) is 6.08 Å². The Labute approximate surface area is 136 Å². The van der Waals surface area contributed by atoms with Gasteiger partial charge in [0.05, 0.1) is 7.11 Å². The minimum atomic E-state index is -0.611. The Morgan fingerprint density at radius 1 is 1.05 bits per heavy atom. The second-order valence-electron chi connectivity index (χ2n) is 4.39. The standard InChI is InChI=1S/C17H14BrNO3/c1-22-17(21)15(11-13-9-5-6-10-14(13)18)19-16(20)12-7-3-2-4-8-12/h2-11H,1H3,(H,19,20). The van der Waals surface area contributed by atoms with Gasteiger partial charge in [0, 0.05) is 10.0 Å². The highest BCUT2D eigenvalue weighted by molar-refractivity contribution is 9.10. The molecule has 0 fully saturated rings. The van der Waals surface area contributed by atoms with Crippen molar-refractivity contribution in [1.29, 1.82) is 0 Å². The summed E-state index contributed by atoms with van der Waals surface area (Å²) >= 11 is 3.40. The third-order valence-corrected chi connectivity index (χ3v) is 3.62. The van der Waals surface area contributed by atoms with Gasteiger partial charge in [-0.05, 0) is 29.8 Å². The molecule has 5 heteroatoms. The normalized spacial score (nSPS) is 10.9. The molecule has 0 aliphatic heterocycles. The van der Waals surface area contributed by atoms with Crippen LogP contribution in [0.15, 0.2) is 64.8 Å². The molecule has 1 N–H and O–H groups in total. The van der Waals surface area contributed by atoms with Crippen LogP contribution in [0, 0.1) is 0 Å². The molecular weight excluding hydrogens is 346 g/mol. The van der Waals surface area contributed by atoms with E-state index in [0.717, 1.165) is 10.0 Å². The van der Waals surface area contributed by atoms with E-state index in [1.165, 1.54) is 7.11 Å². The van der Waals surface area contributed by atoms with Crippen molar-refractivity contribution in [2.45, 2.75) is 0 Å². The van der Waals surface area contributed by atoms with Gasteiger partial charge in [0.15, 0.2) is 0 Å². The summed E-state index contributed by atoms with van der Waals surface area (Å²) < 4.78 is 5.53. The zero-order valence-corrected chi connectivity index (χ0v) is 13.5. The van der Waals surface area contributed by atoms with Gasteiger partial charge in [-0.1, -0.05) is 52.3 Å². The molecule has 0 saturated heterocycles. The maximum Gasteiger partial charge on any atom is 0.354 e. The second-order valence-corrected chi connectivity index (χ2v) is 5.25. The Morgan fingerprint density at radius 2 is 1.68 bits per heavy atom. The lowest BCUT2D eigenvalue weighted by Crippen LogP contribution is -2.28. The van der Waals surface area contributed by atoms with Gasteiger partial charge in [-0.2, -0.15) is 0 Å². The molecule has 0 radical (unpaired) electrons. The summed E-state index contributed by atoms with van der Waals surface area (Å²) in [4.78, 5) is 24.1. The molecule has 0 aromatic heterocycles. The van der Waals surface area contributed by atoms with Gasteiger partial charge in [0.25, 0.3) is 5.91 Å². The predicted octanol–water partition coefficient (Wildman–Crippen LogP) is 3.39. The highest BCUT2D eigenvalue weighted by Gasteiger charge is 2.15. The van der Waals surface area contributed by atoms with Gasteiger partial charge in [0.2, 0.25) is 0 Å². The fraction of sp³-hybridized carbons (Fsp3) is 0.0588. The summed E-state index contributed by atoms with van der Waals surface area (Å²) in [7, 11) is 1.27. The Hall–Kier alpha value is -2.40. The van der Waals surface area contributed by atoms with E-state index in [2.05, 4.69) is 21.2 Å². The van der Waals surface area contributed by atoms with Crippen molar-refractivity contribution in [2.24, 2.45) is 0 Å². The number of ether oxygens (including phenoxy) is 1. The van der Waals surface area contributed by atoms with Gasteiger partial charge >= 0.3 is 5.97 Å². The molecule has 1 amide bonds. The van der Waals surface area contributed by atoms with E-state index in [-0.39, 0.29) is 11.6 Å². The van der Waals surface area contributed by atoms with Crippen LogP contribution in [-0.2, 0) is 9.53 Å². The van der Waals surface area contributed by atoms with Gasteiger partial charge in [-0.15, -0.1) is 0 Å². The van der Waals surface area contributed by atoms with Gasteiger partial charge in [0.1, 0.15) is 5.70 Å². The number of hydrogen-bond donors (Lipinski definition) is 1. The monoisotopic (exact) mass is 359 g/mol. The van der Waals surface area contributed by atoms with Gasteiger partial charge < -0.3 is 10.1 Å². The van der Waals surface area contributed by atoms with Crippen LogP contribution < -0.4 is 5.32 Å². The van der Waals surface area contributed by atoms with Crippen molar-refractivity contribution in [2.75, 3.05) is 7.11 Å². The van der Waals surface area contributed by atoms with E-state index < -0.39 is 5.97 Å². The Kier molecular flexibility index (Phi) is 5.49. The third kappa shape index (κ3) is 4.05. The number of carbonyl (C=O) groups excluding carboxylic acids is 2. The van der Waals surface area contributed by atoms with Crippen LogP contribution in [0.1, 0.15) is 15.9 Å². The number of methoxy groups -OCH3 is 1. The minimum absolute atomic E-state index is 0.0725. The van der Waals surface area contributed by atoms with Crippen molar-refractivity contribution in [1.82, 2.24) is 5.32 Å². The van der Waals surface area contributed by atoms with E-state index in [4.69, 9.17) is 4.74 Å². The summed E-state index contributed by atoms with van der Waals surface area (Å²) in [5.74, 6) is -0.982. The first kappa shape index (κ1) is 16.0. The number of esters is 1. The second kappa shape index (κ2) is 7.56. The lowest BCUT2D eigenvalue weighted by Gasteiger charge is -2.09. The van der Waals surface area contributed by atoms with Crippen molar-refractivity contribution >= 4 is 33.9 Å². The molecule has 0 bridgehead atoms. The molecular formula is C17H14BrNO3. The molecule has 22 heavy (non-hydrogen) atoms. The number of rotatable bonds is 4. The Bertz CT molecular complexity index is 711. The van der Waals surface area contributed by atoms with Crippen LogP contribution in [0.4, 0.5) is 0 Å². The smallest absolute Gasteiger partial charge is 0.354 e. The van der Waals surface area contributed by atoms with E-state index in [1.54, 1.807) is 30.3 Å². The average molecular weight is 360 g/mol. The highest BCUT2D eigenvalue weighted by atomic mass is 79.9. The SMILES string of the molecule is COC(=O)C(=Cc1ccccc1Br)NC(=O)c1ccccc1. The zero-order valence-electron chi connectivity index (χ0n) is 11.9. The summed E-state index contributed by atoms with van der Waals surface area (Å²) in [6, 6.07) is 16.0. The molecule has 112 valence electrons. The van der Waals surface area contributed by atoms with Gasteiger partial charge in [-0.25, -0.2) is 4.79 Å². The molecule has 4 nitrogen and oxygen atoms in total. The van der Waals surface area contributed by atoms with Crippen LogP contribution in [-0.4, -0.2) is 19.0 Å². The van der Waals surface area contributed by atoms with Crippen LogP contribution in [0.2, 0.25) is 0 Å². The Morgan fingerprint density at radius 3 is 2.32 bits per heavy atom. The summed E-state index contributed by atoms with van der Waals surface area (Å²) in [5, 5.41) is 2.59. The predicted molar refractivity (Wildman–Crippen MR) is 88.0 cm³/mol. The fourth-order valence-corrected chi connectivity index (χ4v) is 2.19. The molecule has 0 aliphatic rings. The van der Waals surface area contributed by atoms with Crippen LogP contribution in [0.3, 0.4) is 0 Å². The zero-order chi connectivity index (χ0) is 15.9. The van der Waals surface area contributed by atoms with Crippen molar-refractivity contribution < 1.29 is 14.3 Å². The summed E-state index contributed by atoms with van der Waals surface area (Å²) in [5.41, 5.74) is 1.30. The summed E-state index contributed by atoms with van der Waals surface area (Å²) in [6.07, 6.45) is 1.57. The molecule has 2 aromatic carbocycles. The number of benzene rings is 2. The summed E-state index contributed by atoms with van der Waals surface area (Å²) in [6.45, 7) is 0. The lowest BCUT2D eigenvalue weighted by molar-refractivity contribution is -0.136. The molecule has 0 saturated carbocycles. The number of hydrogen-bond acceptors (Lipinski definition) is 3. The van der Waals surface area contributed by atoms with Crippen molar-refractivity contribution in [3.8, 4) is 0 Å². The largest absolute Gasteiger partial charge is 0.464 e. The van der Waals surface area contributed by atoms with Crippen molar-refractivity contribution in [3.63, 3.8) is 0 Å². The van der Waals surface area contributed by atoms with Gasteiger partial charge in [-0.3, -0.25) is 4.79 Å². The third-order valence-electron chi connectivity index (χ3n) is 2.89. The van der Waals surface area contributed by atoms with Crippen molar-refractivity contribution in [3.05, 3.63) is 75.9 Å². The Balaban J connectivity index is 2.30. The molecule has 2 rings (SSSR count). The lowest BCUT2D eigenvalue weighted by atomic mass is 10.1. The molecule has 0 spiro atoms. The molecule has 0 heterocycles. The maximum atomic E-state index is 12.2. The average Bonchev–Trinajstić information content (AvgIpc) is 2.56. The van der Waals surface area contributed by atoms with E-state index in [9.17, 15) is 9.59 Å². The quantitative estimate of drug-likeness (QED) is 0.672. The highest BCUT2D eigenvalue weighted by Crippen LogP contribution is 2.18. The number of halogens is 1. The van der Waals surface area contributed by atoms with E-state index in [0.29, 0.717) is 5.56 Å². The topological polar surface area (TPSA) is 55.4 Å². The first-order valence-electron chi connectivity index (χ1n) is 6.52. The first-order valence-corrected chi connectivity index (χ1v) is 7.32. The fourth-order valence-electron chi connectivity index (χ4n) is 1.79. The number of amides is 1. The van der Waals surface area contributed by atoms with E-state index >= 15 is 0 Å². The molecule has 2 aromatic rings. The molecule has 0 atom stereocenters. The first-order chi connectivity index (χ1) is 10.6. The van der Waals surface area contributed by atoms with E-state index in [1.807, 2.05) is 30.3 Å². The van der Waals surface area contributed by atoms with Crippen LogP contribution >= 0.6 is 15.9 Å². The number of carbonyl (C=O) groups is 2.